The summed E-state index contributed by atoms with van der Waals surface area (Å²) >= 11 is 11.4. The second kappa shape index (κ2) is 5.14. The largest absolute Gasteiger partial charge is 0.480 e. The van der Waals surface area contributed by atoms with Crippen molar-refractivity contribution in [1.82, 2.24) is 9.97 Å². The zero-order valence-corrected chi connectivity index (χ0v) is 9.59. The molecule has 0 spiro atoms. The van der Waals surface area contributed by atoms with E-state index in [1.54, 1.807) is 0 Å². The van der Waals surface area contributed by atoms with E-state index in [0.29, 0.717) is 0 Å². The standard InChI is InChI=1S/C8H8Cl2N2O3/c1-14-5(13)3-4-11-7(10)6(9)8(12-4)15-2/h3H2,1-2H3. The summed E-state index contributed by atoms with van der Waals surface area (Å²) in [4.78, 5) is 18.7. The first kappa shape index (κ1) is 12.0. The molecule has 82 valence electrons. The Morgan fingerprint density at radius 1 is 1.33 bits per heavy atom. The Balaban J connectivity index is 3.00. The van der Waals surface area contributed by atoms with Gasteiger partial charge in [-0.1, -0.05) is 23.2 Å². The first-order valence-corrected chi connectivity index (χ1v) is 4.66. The molecule has 0 unspecified atom stereocenters. The number of hydrogen-bond acceptors (Lipinski definition) is 5. The molecule has 0 aliphatic rings. The van der Waals surface area contributed by atoms with Gasteiger partial charge in [0.05, 0.1) is 14.2 Å². The topological polar surface area (TPSA) is 61.3 Å². The van der Waals surface area contributed by atoms with E-state index in [1.165, 1.54) is 14.2 Å². The molecule has 0 saturated heterocycles. The van der Waals surface area contributed by atoms with E-state index in [9.17, 15) is 4.79 Å². The lowest BCUT2D eigenvalue weighted by molar-refractivity contribution is -0.139. The molecule has 0 amide bonds. The minimum Gasteiger partial charge on any atom is -0.480 e. The van der Waals surface area contributed by atoms with Gasteiger partial charge in [-0.2, -0.15) is 4.98 Å². The predicted octanol–water partition coefficient (Wildman–Crippen LogP) is 1.51. The van der Waals surface area contributed by atoms with Crippen molar-refractivity contribution in [2.24, 2.45) is 0 Å². The number of halogens is 2. The molecule has 7 heteroatoms. The summed E-state index contributed by atoms with van der Waals surface area (Å²) in [6, 6.07) is 0. The van der Waals surface area contributed by atoms with E-state index in [0.717, 1.165) is 0 Å². The third kappa shape index (κ3) is 2.94. The molecule has 0 radical (unpaired) electrons. The minimum absolute atomic E-state index is 0.0439. The normalized spacial score (nSPS) is 9.87. The molecule has 0 aliphatic heterocycles. The molecule has 0 aliphatic carbocycles. The van der Waals surface area contributed by atoms with Crippen LogP contribution in [0, 0.1) is 0 Å². The van der Waals surface area contributed by atoms with E-state index in [1.807, 2.05) is 0 Å². The first-order valence-electron chi connectivity index (χ1n) is 3.91. The molecular weight excluding hydrogens is 243 g/mol. The van der Waals surface area contributed by atoms with Crippen molar-refractivity contribution in [1.29, 1.82) is 0 Å². The quantitative estimate of drug-likeness (QED) is 0.601. The van der Waals surface area contributed by atoms with Crippen molar-refractivity contribution in [3.63, 3.8) is 0 Å². The van der Waals surface area contributed by atoms with Gasteiger partial charge >= 0.3 is 5.97 Å². The Hall–Kier alpha value is -1.07. The zero-order chi connectivity index (χ0) is 11.4. The SMILES string of the molecule is COC(=O)Cc1nc(Cl)c(Cl)c(OC)n1. The molecule has 1 rings (SSSR count). The Kier molecular flexibility index (Phi) is 4.11. The number of carbonyl (C=O) groups is 1. The maximum Gasteiger partial charge on any atom is 0.313 e. The van der Waals surface area contributed by atoms with Crippen LogP contribution in [0.15, 0.2) is 0 Å². The van der Waals surface area contributed by atoms with Gasteiger partial charge in [-0.15, -0.1) is 0 Å². The molecule has 0 aromatic carbocycles. The number of ether oxygens (including phenoxy) is 2. The van der Waals surface area contributed by atoms with E-state index >= 15 is 0 Å². The number of esters is 1. The average Bonchev–Trinajstić information content (AvgIpc) is 2.22. The van der Waals surface area contributed by atoms with Crippen LogP contribution < -0.4 is 4.74 Å². The molecule has 1 aromatic heterocycles. The molecule has 15 heavy (non-hydrogen) atoms. The number of carbonyl (C=O) groups excluding carboxylic acids is 1. The van der Waals surface area contributed by atoms with E-state index in [2.05, 4.69) is 14.7 Å². The van der Waals surface area contributed by atoms with Crippen molar-refractivity contribution in [3.05, 3.63) is 16.0 Å². The van der Waals surface area contributed by atoms with Gasteiger partial charge in [-0.25, -0.2) is 4.98 Å². The van der Waals surface area contributed by atoms with E-state index in [-0.39, 0.29) is 28.3 Å². The average molecular weight is 251 g/mol. The van der Waals surface area contributed by atoms with Gasteiger partial charge in [-0.3, -0.25) is 4.79 Å². The highest BCUT2D eigenvalue weighted by Crippen LogP contribution is 2.28. The van der Waals surface area contributed by atoms with Crippen molar-refractivity contribution >= 4 is 29.2 Å². The summed E-state index contributed by atoms with van der Waals surface area (Å²) in [5, 5.41) is 0.162. The summed E-state index contributed by atoms with van der Waals surface area (Å²) in [6.45, 7) is 0. The number of methoxy groups -OCH3 is 2. The highest BCUT2D eigenvalue weighted by atomic mass is 35.5. The fourth-order valence-corrected chi connectivity index (χ4v) is 1.20. The highest BCUT2D eigenvalue weighted by Gasteiger charge is 2.14. The molecule has 0 saturated carbocycles. The summed E-state index contributed by atoms with van der Waals surface area (Å²) in [7, 11) is 2.67. The van der Waals surface area contributed by atoms with Crippen LogP contribution in [-0.2, 0) is 16.0 Å². The Bertz CT molecular complexity index is 384. The fourth-order valence-electron chi connectivity index (χ4n) is 0.857. The maximum atomic E-state index is 11.0. The highest BCUT2D eigenvalue weighted by molar-refractivity contribution is 6.42. The zero-order valence-electron chi connectivity index (χ0n) is 8.08. The predicted molar refractivity (Wildman–Crippen MR) is 54.3 cm³/mol. The lowest BCUT2D eigenvalue weighted by Gasteiger charge is -2.05. The molecule has 1 aromatic rings. The van der Waals surface area contributed by atoms with Crippen LogP contribution in [0.4, 0.5) is 0 Å². The molecule has 5 nitrogen and oxygen atoms in total. The van der Waals surface area contributed by atoms with Gasteiger partial charge in [-0.05, 0) is 0 Å². The lowest BCUT2D eigenvalue weighted by atomic mass is 10.4. The van der Waals surface area contributed by atoms with Crippen molar-refractivity contribution in [2.45, 2.75) is 6.42 Å². The molecule has 0 N–H and O–H groups in total. The number of rotatable bonds is 3. The van der Waals surface area contributed by atoms with Crippen LogP contribution in [0.1, 0.15) is 5.82 Å². The third-order valence-corrected chi connectivity index (χ3v) is 2.26. The summed E-state index contributed by atoms with van der Waals surface area (Å²) in [6.07, 6.45) is -0.0796. The Morgan fingerprint density at radius 2 is 2.00 bits per heavy atom. The van der Waals surface area contributed by atoms with Gasteiger partial charge in [0.25, 0.3) is 0 Å². The molecule has 0 atom stereocenters. The molecule has 0 bridgehead atoms. The van der Waals surface area contributed by atoms with E-state index < -0.39 is 5.97 Å². The fraction of sp³-hybridized carbons (Fsp3) is 0.375. The second-order valence-corrected chi connectivity index (χ2v) is 3.24. The summed E-state index contributed by atoms with van der Waals surface area (Å²) in [5.74, 6) is -0.126. The first-order chi connectivity index (χ1) is 7.08. The Labute approximate surface area is 96.3 Å². The van der Waals surface area contributed by atoms with Gasteiger partial charge in [0, 0.05) is 0 Å². The Morgan fingerprint density at radius 3 is 2.53 bits per heavy atom. The summed E-state index contributed by atoms with van der Waals surface area (Å²) < 4.78 is 9.32. The van der Waals surface area contributed by atoms with Gasteiger partial charge in [0.2, 0.25) is 5.88 Å². The van der Waals surface area contributed by atoms with Crippen LogP contribution in [-0.4, -0.2) is 30.2 Å². The minimum atomic E-state index is -0.463. The number of hydrogen-bond donors (Lipinski definition) is 0. The molecule has 1 heterocycles. The number of nitrogens with zero attached hydrogens (tertiary/aromatic N) is 2. The van der Waals surface area contributed by atoms with Crippen molar-refractivity contribution in [3.8, 4) is 5.88 Å². The van der Waals surface area contributed by atoms with Gasteiger partial charge in [0.15, 0.2) is 5.15 Å². The van der Waals surface area contributed by atoms with Crippen LogP contribution in [0.5, 0.6) is 5.88 Å². The van der Waals surface area contributed by atoms with Crippen molar-refractivity contribution in [2.75, 3.05) is 14.2 Å². The molecule has 0 fully saturated rings. The van der Waals surface area contributed by atoms with Crippen LogP contribution >= 0.6 is 23.2 Å². The maximum absolute atomic E-state index is 11.0. The van der Waals surface area contributed by atoms with Crippen LogP contribution in [0.25, 0.3) is 0 Å². The van der Waals surface area contributed by atoms with Crippen molar-refractivity contribution < 1.29 is 14.3 Å². The van der Waals surface area contributed by atoms with Gasteiger partial charge in [0.1, 0.15) is 17.3 Å². The third-order valence-electron chi connectivity index (χ3n) is 1.55. The lowest BCUT2D eigenvalue weighted by Crippen LogP contribution is -2.09. The van der Waals surface area contributed by atoms with E-state index in [4.69, 9.17) is 27.9 Å². The number of aromatic nitrogens is 2. The van der Waals surface area contributed by atoms with Crippen LogP contribution in [0.3, 0.4) is 0 Å². The monoisotopic (exact) mass is 250 g/mol. The summed E-state index contributed by atoms with van der Waals surface area (Å²) in [5.41, 5.74) is 0. The van der Waals surface area contributed by atoms with Gasteiger partial charge < -0.3 is 9.47 Å². The second-order valence-electron chi connectivity index (χ2n) is 2.51. The smallest absolute Gasteiger partial charge is 0.313 e. The van der Waals surface area contributed by atoms with Crippen LogP contribution in [0.2, 0.25) is 10.2 Å². The molecular formula is C8H8Cl2N2O3.